The van der Waals surface area contributed by atoms with Crippen molar-refractivity contribution in [2.75, 3.05) is 11.4 Å². The molecule has 3 rings (SSSR count). The maximum atomic E-state index is 7.75. The lowest BCUT2D eigenvalue weighted by atomic mass is 10.0. The van der Waals surface area contributed by atoms with E-state index < -0.39 is 0 Å². The number of nitrogen functional groups attached to an aromatic ring is 1. The summed E-state index contributed by atoms with van der Waals surface area (Å²) in [6.07, 6.45) is 2.25. The van der Waals surface area contributed by atoms with Gasteiger partial charge in [0.1, 0.15) is 5.84 Å². The zero-order valence-electron chi connectivity index (χ0n) is 11.5. The molecule has 0 saturated carbocycles. The van der Waals surface area contributed by atoms with Gasteiger partial charge in [-0.15, -0.1) is 0 Å². The molecule has 0 atom stereocenters. The summed E-state index contributed by atoms with van der Waals surface area (Å²) in [6.45, 7) is 1.89. The van der Waals surface area contributed by atoms with Gasteiger partial charge in [-0.3, -0.25) is 5.41 Å². The molecule has 0 fully saturated rings. The van der Waals surface area contributed by atoms with Crippen LogP contribution in [0.2, 0.25) is 0 Å². The topological polar surface area (TPSA) is 53.1 Å². The summed E-state index contributed by atoms with van der Waals surface area (Å²) in [5.41, 5.74) is 10.4. The van der Waals surface area contributed by atoms with Gasteiger partial charge in [0.25, 0.3) is 0 Å². The molecule has 20 heavy (non-hydrogen) atoms. The van der Waals surface area contributed by atoms with Crippen molar-refractivity contribution in [3.8, 4) is 0 Å². The molecule has 0 amide bonds. The highest BCUT2D eigenvalue weighted by atomic mass is 15.1. The number of hydrogen-bond acceptors (Lipinski definition) is 2. The van der Waals surface area contributed by atoms with Crippen molar-refractivity contribution < 1.29 is 0 Å². The third-order valence-electron chi connectivity index (χ3n) is 3.89. The van der Waals surface area contributed by atoms with Crippen LogP contribution in [0.1, 0.15) is 23.1 Å². The predicted molar refractivity (Wildman–Crippen MR) is 83.3 cm³/mol. The van der Waals surface area contributed by atoms with E-state index in [4.69, 9.17) is 11.1 Å². The number of nitrogens with one attached hydrogen (secondary N) is 1. The predicted octanol–water partition coefficient (Wildman–Crippen LogP) is 2.92. The summed E-state index contributed by atoms with van der Waals surface area (Å²) in [4.78, 5) is 2.34. The highest BCUT2D eigenvalue weighted by Crippen LogP contribution is 2.26. The zero-order valence-corrected chi connectivity index (χ0v) is 11.5. The molecule has 0 aliphatic carbocycles. The van der Waals surface area contributed by atoms with Crippen LogP contribution in [0, 0.1) is 5.41 Å². The molecule has 0 unspecified atom stereocenters. The first-order chi connectivity index (χ1) is 9.75. The van der Waals surface area contributed by atoms with E-state index in [9.17, 15) is 0 Å². The van der Waals surface area contributed by atoms with Gasteiger partial charge >= 0.3 is 0 Å². The van der Waals surface area contributed by atoms with Gasteiger partial charge in [0.2, 0.25) is 0 Å². The van der Waals surface area contributed by atoms with Crippen LogP contribution in [0.25, 0.3) is 0 Å². The van der Waals surface area contributed by atoms with Crippen LogP contribution in [-0.2, 0) is 13.0 Å². The minimum Gasteiger partial charge on any atom is -0.384 e. The summed E-state index contributed by atoms with van der Waals surface area (Å²) >= 11 is 0. The molecule has 1 aliphatic rings. The second-order valence-electron chi connectivity index (χ2n) is 5.22. The van der Waals surface area contributed by atoms with Crippen molar-refractivity contribution in [3.63, 3.8) is 0 Å². The molecule has 0 aromatic heterocycles. The Balaban J connectivity index is 1.98. The van der Waals surface area contributed by atoms with Gasteiger partial charge in [0, 0.05) is 24.3 Å². The lowest BCUT2D eigenvalue weighted by Gasteiger charge is -2.25. The number of nitrogens with zero attached hydrogens (tertiary/aromatic N) is 1. The summed E-state index contributed by atoms with van der Waals surface area (Å²) in [5, 5.41) is 7.75. The SMILES string of the molecule is N=C(N)c1ccccc1N1CCCc2ccccc2C1. The van der Waals surface area contributed by atoms with Gasteiger partial charge in [0.15, 0.2) is 0 Å². The van der Waals surface area contributed by atoms with E-state index in [0.717, 1.165) is 37.2 Å². The quantitative estimate of drug-likeness (QED) is 0.648. The van der Waals surface area contributed by atoms with E-state index in [1.165, 1.54) is 11.1 Å². The maximum Gasteiger partial charge on any atom is 0.124 e. The molecule has 1 heterocycles. The largest absolute Gasteiger partial charge is 0.384 e. The fourth-order valence-electron chi connectivity index (χ4n) is 2.88. The van der Waals surface area contributed by atoms with Gasteiger partial charge in [-0.2, -0.15) is 0 Å². The fourth-order valence-corrected chi connectivity index (χ4v) is 2.88. The molecule has 3 heteroatoms. The average molecular weight is 265 g/mol. The number of hydrogen-bond donors (Lipinski definition) is 2. The van der Waals surface area contributed by atoms with Crippen molar-refractivity contribution in [3.05, 3.63) is 65.2 Å². The Hall–Kier alpha value is -2.29. The van der Waals surface area contributed by atoms with E-state index in [1.54, 1.807) is 0 Å². The summed E-state index contributed by atoms with van der Waals surface area (Å²) in [6, 6.07) is 16.6. The van der Waals surface area contributed by atoms with Crippen LogP contribution in [0.15, 0.2) is 48.5 Å². The minimum absolute atomic E-state index is 0.137. The van der Waals surface area contributed by atoms with Crippen LogP contribution < -0.4 is 10.6 Å². The molecule has 3 nitrogen and oxygen atoms in total. The Bertz CT molecular complexity index is 634. The van der Waals surface area contributed by atoms with Crippen molar-refractivity contribution in [1.82, 2.24) is 0 Å². The fraction of sp³-hybridized carbons (Fsp3) is 0.235. The molecule has 1 aliphatic heterocycles. The summed E-state index contributed by atoms with van der Waals surface area (Å²) in [5.74, 6) is 0.137. The second-order valence-corrected chi connectivity index (χ2v) is 5.22. The lowest BCUT2D eigenvalue weighted by molar-refractivity contribution is 0.765. The normalized spacial score (nSPS) is 14.5. The molecule has 0 spiro atoms. The highest BCUT2D eigenvalue weighted by molar-refractivity contribution is 6.00. The number of aryl methyl sites for hydroxylation is 1. The Kier molecular flexibility index (Phi) is 3.42. The van der Waals surface area contributed by atoms with Gasteiger partial charge in [-0.25, -0.2) is 0 Å². The van der Waals surface area contributed by atoms with Gasteiger partial charge < -0.3 is 10.6 Å². The molecule has 0 bridgehead atoms. The number of amidine groups is 1. The van der Waals surface area contributed by atoms with Crippen LogP contribution in [-0.4, -0.2) is 12.4 Å². The molecule has 0 radical (unpaired) electrons. The van der Waals surface area contributed by atoms with Crippen molar-refractivity contribution in [1.29, 1.82) is 5.41 Å². The smallest absolute Gasteiger partial charge is 0.124 e. The van der Waals surface area contributed by atoms with Gasteiger partial charge in [0.05, 0.1) is 0 Å². The van der Waals surface area contributed by atoms with E-state index in [1.807, 2.05) is 18.2 Å². The Morgan fingerprint density at radius 2 is 1.70 bits per heavy atom. The standard InChI is InChI=1S/C17H19N3/c18-17(19)15-9-3-4-10-16(15)20-11-5-8-13-6-1-2-7-14(13)12-20/h1-4,6-7,9-10H,5,8,11-12H2,(H3,18,19). The molecule has 3 N–H and O–H groups in total. The van der Waals surface area contributed by atoms with E-state index in [2.05, 4.69) is 35.2 Å². The summed E-state index contributed by atoms with van der Waals surface area (Å²) < 4.78 is 0. The van der Waals surface area contributed by atoms with Gasteiger partial charge in [-0.1, -0.05) is 36.4 Å². The van der Waals surface area contributed by atoms with Crippen molar-refractivity contribution in [2.45, 2.75) is 19.4 Å². The number of nitrogens with two attached hydrogens (primary N) is 1. The highest BCUT2D eigenvalue weighted by Gasteiger charge is 2.17. The third-order valence-corrected chi connectivity index (χ3v) is 3.89. The first-order valence-corrected chi connectivity index (χ1v) is 7.01. The Morgan fingerprint density at radius 3 is 2.50 bits per heavy atom. The molecular weight excluding hydrogens is 246 g/mol. The Morgan fingerprint density at radius 1 is 1.00 bits per heavy atom. The number of para-hydroxylation sites is 1. The van der Waals surface area contributed by atoms with Crippen LogP contribution in [0.4, 0.5) is 5.69 Å². The van der Waals surface area contributed by atoms with E-state index in [-0.39, 0.29) is 5.84 Å². The first-order valence-electron chi connectivity index (χ1n) is 7.01. The van der Waals surface area contributed by atoms with Crippen LogP contribution >= 0.6 is 0 Å². The van der Waals surface area contributed by atoms with Crippen molar-refractivity contribution in [2.24, 2.45) is 5.73 Å². The number of benzene rings is 2. The molecule has 102 valence electrons. The molecule has 0 saturated heterocycles. The molecule has 2 aromatic rings. The van der Waals surface area contributed by atoms with Crippen LogP contribution in [0.5, 0.6) is 0 Å². The number of rotatable bonds is 2. The minimum atomic E-state index is 0.137. The van der Waals surface area contributed by atoms with E-state index in [0.29, 0.717) is 0 Å². The molecular formula is C17H19N3. The van der Waals surface area contributed by atoms with Crippen LogP contribution in [0.3, 0.4) is 0 Å². The summed E-state index contributed by atoms with van der Waals surface area (Å²) in [7, 11) is 0. The maximum absolute atomic E-state index is 7.75. The second kappa shape index (κ2) is 5.37. The number of fused-ring (bicyclic) bond motifs is 1. The van der Waals surface area contributed by atoms with E-state index >= 15 is 0 Å². The monoisotopic (exact) mass is 265 g/mol. The average Bonchev–Trinajstić information content (AvgIpc) is 2.69. The number of anilines is 1. The Labute approximate surface area is 119 Å². The molecule has 2 aromatic carbocycles. The zero-order chi connectivity index (χ0) is 13.9. The third kappa shape index (κ3) is 2.39. The first kappa shape index (κ1) is 12.7. The van der Waals surface area contributed by atoms with Crippen molar-refractivity contribution >= 4 is 11.5 Å². The lowest BCUT2D eigenvalue weighted by Crippen LogP contribution is -2.26. The van der Waals surface area contributed by atoms with Gasteiger partial charge in [-0.05, 0) is 36.1 Å².